The Labute approximate surface area is 122 Å². The fourth-order valence-corrected chi connectivity index (χ4v) is 3.63. The summed E-state index contributed by atoms with van der Waals surface area (Å²) in [4.78, 5) is 0.112. The quantitative estimate of drug-likeness (QED) is 0.534. The van der Waals surface area contributed by atoms with Gasteiger partial charge in [0, 0.05) is 14.1 Å². The summed E-state index contributed by atoms with van der Waals surface area (Å²) in [5.41, 5.74) is 6.57. The summed E-state index contributed by atoms with van der Waals surface area (Å²) in [6.45, 7) is 3.29. The van der Waals surface area contributed by atoms with E-state index in [-0.39, 0.29) is 22.1 Å². The second-order valence-corrected chi connectivity index (χ2v) is 6.29. The van der Waals surface area contributed by atoms with Crippen molar-refractivity contribution in [2.45, 2.75) is 18.7 Å². The fraction of sp³-hybridized carbons (Fsp3) is 0.364. The van der Waals surface area contributed by atoms with E-state index in [1.54, 1.807) is 27.9 Å². The minimum Gasteiger partial charge on any atom is -0.384 e. The van der Waals surface area contributed by atoms with Crippen LogP contribution >= 0.6 is 0 Å². The zero-order valence-electron chi connectivity index (χ0n) is 12.2. The maximum Gasteiger partial charge on any atom is 0.266 e. The molecule has 0 unspecified atom stereocenters. The number of nitrogen functional groups attached to an aromatic ring is 1. The molecule has 21 heavy (non-hydrogen) atoms. The third-order valence-electron chi connectivity index (χ3n) is 3.17. The van der Waals surface area contributed by atoms with Crippen molar-refractivity contribution >= 4 is 21.7 Å². The van der Waals surface area contributed by atoms with Crippen LogP contribution in [-0.2, 0) is 24.1 Å². The number of nitrogens with two attached hydrogens (primary N) is 1. The average molecular weight is 311 g/mol. The van der Waals surface area contributed by atoms with Crippen LogP contribution in [0.3, 0.4) is 0 Å². The van der Waals surface area contributed by atoms with E-state index >= 15 is 0 Å². The highest BCUT2D eigenvalue weighted by atomic mass is 32.2. The van der Waals surface area contributed by atoms with Gasteiger partial charge in [-0.05, 0) is 13.8 Å². The lowest BCUT2D eigenvalue weighted by atomic mass is 10.3. The van der Waals surface area contributed by atoms with E-state index in [0.717, 1.165) is 0 Å². The van der Waals surface area contributed by atoms with Gasteiger partial charge in [0.05, 0.1) is 23.1 Å². The molecule has 114 valence electrons. The van der Waals surface area contributed by atoms with Crippen molar-refractivity contribution < 1.29 is 8.42 Å². The standard InChI is InChI=1S/C11H17N7O2S/c1-6-9(7(2)17(3)15-6)21(19,20)16-11-8(10(12)13)5-14-18(11)4/h5,16H,1-4H3,(H3,12,13). The van der Waals surface area contributed by atoms with Crippen LogP contribution in [0.1, 0.15) is 17.0 Å². The van der Waals surface area contributed by atoms with E-state index in [0.29, 0.717) is 11.4 Å². The first-order valence-corrected chi connectivity index (χ1v) is 7.53. The van der Waals surface area contributed by atoms with E-state index in [1.807, 2.05) is 0 Å². The van der Waals surface area contributed by atoms with Crippen LogP contribution in [0.2, 0.25) is 0 Å². The second-order valence-electron chi connectivity index (χ2n) is 4.67. The molecule has 0 aliphatic carbocycles. The Hall–Kier alpha value is -2.36. The van der Waals surface area contributed by atoms with Gasteiger partial charge in [-0.3, -0.25) is 19.5 Å². The summed E-state index contributed by atoms with van der Waals surface area (Å²) in [5, 5.41) is 15.5. The average Bonchev–Trinajstić information content (AvgIpc) is 2.81. The maximum absolute atomic E-state index is 12.6. The van der Waals surface area contributed by atoms with Crippen molar-refractivity contribution in [2.24, 2.45) is 19.8 Å². The van der Waals surface area contributed by atoms with E-state index < -0.39 is 10.0 Å². The van der Waals surface area contributed by atoms with E-state index in [2.05, 4.69) is 14.9 Å². The molecule has 2 aromatic heterocycles. The molecule has 0 amide bonds. The molecule has 10 heteroatoms. The van der Waals surface area contributed by atoms with Crippen molar-refractivity contribution in [3.63, 3.8) is 0 Å². The number of hydrogen-bond acceptors (Lipinski definition) is 5. The lowest BCUT2D eigenvalue weighted by Gasteiger charge is -2.10. The molecule has 0 saturated heterocycles. The Bertz CT molecular complexity index is 816. The second kappa shape index (κ2) is 4.88. The van der Waals surface area contributed by atoms with Crippen molar-refractivity contribution in [2.75, 3.05) is 4.72 Å². The van der Waals surface area contributed by atoms with Crippen molar-refractivity contribution in [1.82, 2.24) is 19.6 Å². The van der Waals surface area contributed by atoms with Crippen LogP contribution in [0.4, 0.5) is 5.82 Å². The molecule has 0 aromatic carbocycles. The smallest absolute Gasteiger partial charge is 0.266 e. The largest absolute Gasteiger partial charge is 0.384 e. The summed E-state index contributed by atoms with van der Waals surface area (Å²) in [6.07, 6.45) is 1.34. The highest BCUT2D eigenvalue weighted by Gasteiger charge is 2.26. The summed E-state index contributed by atoms with van der Waals surface area (Å²) >= 11 is 0. The monoisotopic (exact) mass is 311 g/mol. The van der Waals surface area contributed by atoms with Gasteiger partial charge in [-0.1, -0.05) is 0 Å². The van der Waals surface area contributed by atoms with Gasteiger partial charge >= 0.3 is 0 Å². The number of sulfonamides is 1. The molecule has 0 aliphatic heterocycles. The topological polar surface area (TPSA) is 132 Å². The summed E-state index contributed by atoms with van der Waals surface area (Å²) < 4.78 is 30.4. The maximum atomic E-state index is 12.6. The van der Waals surface area contributed by atoms with Gasteiger partial charge in [-0.2, -0.15) is 10.2 Å². The summed E-state index contributed by atoms with van der Waals surface area (Å²) in [6, 6.07) is 0. The van der Waals surface area contributed by atoms with Gasteiger partial charge in [0.2, 0.25) is 0 Å². The number of aromatic nitrogens is 4. The van der Waals surface area contributed by atoms with E-state index in [1.165, 1.54) is 15.6 Å². The molecule has 0 radical (unpaired) electrons. The van der Waals surface area contributed by atoms with E-state index in [4.69, 9.17) is 11.1 Å². The number of aryl methyl sites for hydroxylation is 3. The number of nitrogens with zero attached hydrogens (tertiary/aromatic N) is 4. The fourth-order valence-electron chi connectivity index (χ4n) is 2.08. The van der Waals surface area contributed by atoms with E-state index in [9.17, 15) is 8.42 Å². The number of anilines is 1. The first-order chi connectivity index (χ1) is 9.65. The predicted octanol–water partition coefficient (Wildman–Crippen LogP) is -0.145. The first-order valence-electron chi connectivity index (χ1n) is 6.04. The molecule has 0 spiro atoms. The minimum atomic E-state index is -3.85. The van der Waals surface area contributed by atoms with Crippen LogP contribution < -0.4 is 10.5 Å². The molecular formula is C11H17N7O2S. The Kier molecular flexibility index (Phi) is 3.49. The lowest BCUT2D eigenvalue weighted by molar-refractivity contribution is 0.598. The Balaban J connectivity index is 2.53. The first kappa shape index (κ1) is 15.0. The molecule has 0 fully saturated rings. The molecule has 0 atom stereocenters. The zero-order chi connectivity index (χ0) is 15.9. The number of hydrogen-bond donors (Lipinski definition) is 3. The SMILES string of the molecule is Cc1nn(C)c(C)c1S(=O)(=O)Nc1c(C(=N)N)cnn1C. The molecule has 2 heterocycles. The highest BCUT2D eigenvalue weighted by molar-refractivity contribution is 7.92. The van der Waals surface area contributed by atoms with Crippen LogP contribution in [-0.4, -0.2) is 33.8 Å². The molecule has 4 N–H and O–H groups in total. The van der Waals surface area contributed by atoms with Gasteiger partial charge in [0.1, 0.15) is 16.5 Å². The minimum absolute atomic E-state index is 0.112. The van der Waals surface area contributed by atoms with Crippen LogP contribution in [0.5, 0.6) is 0 Å². The number of rotatable bonds is 4. The number of nitrogens with one attached hydrogen (secondary N) is 2. The molecular weight excluding hydrogens is 294 g/mol. The van der Waals surface area contributed by atoms with Crippen LogP contribution in [0, 0.1) is 19.3 Å². The normalized spacial score (nSPS) is 11.6. The predicted molar refractivity (Wildman–Crippen MR) is 77.7 cm³/mol. The highest BCUT2D eigenvalue weighted by Crippen LogP contribution is 2.23. The lowest BCUT2D eigenvalue weighted by Crippen LogP contribution is -2.20. The number of amidine groups is 1. The van der Waals surface area contributed by atoms with Crippen molar-refractivity contribution in [1.29, 1.82) is 5.41 Å². The summed E-state index contributed by atoms with van der Waals surface area (Å²) in [5.74, 6) is -0.120. The van der Waals surface area contributed by atoms with Gasteiger partial charge in [0.25, 0.3) is 10.0 Å². The summed E-state index contributed by atoms with van der Waals surface area (Å²) in [7, 11) is -0.613. The van der Waals surface area contributed by atoms with Gasteiger partial charge in [-0.15, -0.1) is 0 Å². The van der Waals surface area contributed by atoms with Crippen LogP contribution in [0.15, 0.2) is 11.1 Å². The molecule has 0 aliphatic rings. The Morgan fingerprint density at radius 2 is 1.95 bits per heavy atom. The Morgan fingerprint density at radius 1 is 1.33 bits per heavy atom. The van der Waals surface area contributed by atoms with Crippen molar-refractivity contribution in [3.05, 3.63) is 23.1 Å². The molecule has 2 aromatic rings. The van der Waals surface area contributed by atoms with Gasteiger partial charge in [-0.25, -0.2) is 8.42 Å². The zero-order valence-corrected chi connectivity index (χ0v) is 13.0. The van der Waals surface area contributed by atoms with Crippen molar-refractivity contribution in [3.8, 4) is 0 Å². The van der Waals surface area contributed by atoms with Gasteiger partial charge in [0.15, 0.2) is 0 Å². The third-order valence-corrected chi connectivity index (χ3v) is 4.76. The molecule has 2 rings (SSSR count). The molecule has 0 bridgehead atoms. The van der Waals surface area contributed by atoms with Gasteiger partial charge < -0.3 is 5.73 Å². The molecule has 9 nitrogen and oxygen atoms in total. The van der Waals surface area contributed by atoms with Crippen LogP contribution in [0.25, 0.3) is 0 Å². The Morgan fingerprint density at radius 3 is 2.43 bits per heavy atom. The third kappa shape index (κ3) is 2.49. The molecule has 0 saturated carbocycles.